The molecular weight excluding hydrogens is 340 g/mol. The summed E-state index contributed by atoms with van der Waals surface area (Å²) in [5, 5.41) is 0.458. The highest BCUT2D eigenvalue weighted by Crippen LogP contribution is 2.33. The zero-order valence-corrected chi connectivity index (χ0v) is 15.6. The van der Waals surface area contributed by atoms with Crippen molar-refractivity contribution in [1.29, 1.82) is 0 Å². The molecule has 2 unspecified atom stereocenters. The standard InChI is InChI=1S/C18H22N2O4S/c1-12(14-8-6-5-7-9-14)15(11-24-13(2)21)25-18-19-16(22-3)10-17(20-18)23-4/h5-10,12,15H,11H2,1-4H3. The van der Waals surface area contributed by atoms with Crippen molar-refractivity contribution in [3.05, 3.63) is 42.0 Å². The van der Waals surface area contributed by atoms with E-state index in [-0.39, 0.29) is 23.7 Å². The van der Waals surface area contributed by atoms with Crippen LogP contribution in [0.4, 0.5) is 0 Å². The number of thioether (sulfide) groups is 1. The zero-order valence-electron chi connectivity index (χ0n) is 14.8. The first kappa shape index (κ1) is 19.1. The Morgan fingerprint density at radius 2 is 1.72 bits per heavy atom. The van der Waals surface area contributed by atoms with Crippen molar-refractivity contribution >= 4 is 17.7 Å². The molecule has 0 N–H and O–H groups in total. The molecule has 25 heavy (non-hydrogen) atoms. The molecule has 0 fully saturated rings. The molecule has 0 aliphatic carbocycles. The highest BCUT2D eigenvalue weighted by atomic mass is 32.2. The Morgan fingerprint density at radius 1 is 1.12 bits per heavy atom. The molecule has 1 heterocycles. The first-order valence-electron chi connectivity index (χ1n) is 7.85. The van der Waals surface area contributed by atoms with E-state index in [1.54, 1.807) is 20.3 Å². The number of ether oxygens (including phenoxy) is 3. The summed E-state index contributed by atoms with van der Waals surface area (Å²) in [7, 11) is 3.08. The second-order valence-corrected chi connectivity index (χ2v) is 6.60. The maximum Gasteiger partial charge on any atom is 0.302 e. The molecule has 6 nitrogen and oxygen atoms in total. The third-order valence-corrected chi connectivity index (χ3v) is 4.91. The van der Waals surface area contributed by atoms with Gasteiger partial charge in [-0.25, -0.2) is 0 Å². The molecule has 0 radical (unpaired) electrons. The number of esters is 1. The van der Waals surface area contributed by atoms with Crippen LogP contribution in [0, 0.1) is 0 Å². The molecule has 2 atom stereocenters. The van der Waals surface area contributed by atoms with Crippen LogP contribution < -0.4 is 9.47 Å². The van der Waals surface area contributed by atoms with Gasteiger partial charge in [-0.2, -0.15) is 9.97 Å². The van der Waals surface area contributed by atoms with Crippen LogP contribution in [0.3, 0.4) is 0 Å². The van der Waals surface area contributed by atoms with Crippen molar-refractivity contribution in [2.45, 2.75) is 30.2 Å². The molecule has 0 amide bonds. The van der Waals surface area contributed by atoms with Gasteiger partial charge in [0.2, 0.25) is 11.8 Å². The van der Waals surface area contributed by atoms with Gasteiger partial charge in [0.1, 0.15) is 6.61 Å². The summed E-state index contributed by atoms with van der Waals surface area (Å²) in [6, 6.07) is 11.7. The van der Waals surface area contributed by atoms with Gasteiger partial charge in [0.05, 0.1) is 25.5 Å². The lowest BCUT2D eigenvalue weighted by atomic mass is 9.98. The summed E-state index contributed by atoms with van der Waals surface area (Å²) in [5.74, 6) is 0.669. The average Bonchev–Trinajstić information content (AvgIpc) is 2.64. The minimum absolute atomic E-state index is 0.0527. The van der Waals surface area contributed by atoms with Crippen LogP contribution in [0.15, 0.2) is 41.6 Å². The minimum Gasteiger partial charge on any atom is -0.481 e. The molecule has 0 saturated heterocycles. The monoisotopic (exact) mass is 362 g/mol. The van der Waals surface area contributed by atoms with Gasteiger partial charge in [-0.1, -0.05) is 49.0 Å². The number of aromatic nitrogens is 2. The topological polar surface area (TPSA) is 70.5 Å². The van der Waals surface area contributed by atoms with Gasteiger partial charge >= 0.3 is 5.97 Å². The molecule has 1 aromatic heterocycles. The Hall–Kier alpha value is -2.28. The highest BCUT2D eigenvalue weighted by molar-refractivity contribution is 7.99. The van der Waals surface area contributed by atoms with Crippen molar-refractivity contribution in [2.24, 2.45) is 0 Å². The van der Waals surface area contributed by atoms with E-state index in [0.29, 0.717) is 16.9 Å². The molecule has 0 aliphatic rings. The number of carbonyl (C=O) groups is 1. The average molecular weight is 362 g/mol. The zero-order chi connectivity index (χ0) is 18.2. The van der Waals surface area contributed by atoms with Crippen molar-refractivity contribution in [2.75, 3.05) is 20.8 Å². The maximum atomic E-state index is 11.3. The fourth-order valence-electron chi connectivity index (χ4n) is 2.23. The van der Waals surface area contributed by atoms with Crippen molar-refractivity contribution in [3.8, 4) is 11.8 Å². The molecular formula is C18H22N2O4S. The van der Waals surface area contributed by atoms with Crippen molar-refractivity contribution in [3.63, 3.8) is 0 Å². The SMILES string of the molecule is COc1cc(OC)nc(SC(COC(C)=O)C(C)c2ccccc2)n1. The van der Waals surface area contributed by atoms with Crippen molar-refractivity contribution < 1.29 is 19.0 Å². The quantitative estimate of drug-likeness (QED) is 0.405. The molecule has 7 heteroatoms. The van der Waals surface area contributed by atoms with Gasteiger partial charge in [0.15, 0.2) is 5.16 Å². The predicted molar refractivity (Wildman–Crippen MR) is 96.3 cm³/mol. The Kier molecular flexibility index (Phi) is 7.06. The van der Waals surface area contributed by atoms with Crippen LogP contribution in [-0.2, 0) is 9.53 Å². The molecule has 0 aliphatic heterocycles. The van der Waals surface area contributed by atoms with E-state index in [9.17, 15) is 4.79 Å². The summed E-state index contributed by atoms with van der Waals surface area (Å²) in [4.78, 5) is 20.0. The third kappa shape index (κ3) is 5.63. The van der Waals surface area contributed by atoms with Gasteiger partial charge in [-0.05, 0) is 11.5 Å². The van der Waals surface area contributed by atoms with Crippen LogP contribution >= 0.6 is 11.8 Å². The van der Waals surface area contributed by atoms with Gasteiger partial charge in [0.25, 0.3) is 0 Å². The number of benzene rings is 1. The van der Waals surface area contributed by atoms with E-state index >= 15 is 0 Å². The number of nitrogens with zero attached hydrogens (tertiary/aromatic N) is 2. The Bertz CT molecular complexity index is 674. The molecule has 0 bridgehead atoms. The van der Waals surface area contributed by atoms with E-state index in [4.69, 9.17) is 14.2 Å². The van der Waals surface area contributed by atoms with E-state index in [0.717, 1.165) is 5.56 Å². The summed E-state index contributed by atoms with van der Waals surface area (Å²) >= 11 is 1.43. The second kappa shape index (κ2) is 9.27. The summed E-state index contributed by atoms with van der Waals surface area (Å²) in [6.07, 6.45) is 0. The van der Waals surface area contributed by atoms with Gasteiger partial charge in [-0.15, -0.1) is 0 Å². The lowest BCUT2D eigenvalue weighted by molar-refractivity contribution is -0.140. The van der Waals surface area contributed by atoms with E-state index < -0.39 is 0 Å². The number of hydrogen-bond acceptors (Lipinski definition) is 7. The summed E-state index contributed by atoms with van der Waals surface area (Å²) in [5.41, 5.74) is 1.15. The Morgan fingerprint density at radius 3 is 2.24 bits per heavy atom. The van der Waals surface area contributed by atoms with Crippen LogP contribution in [-0.4, -0.2) is 42.0 Å². The van der Waals surface area contributed by atoms with Crippen LogP contribution in [0.2, 0.25) is 0 Å². The summed E-state index contributed by atoms with van der Waals surface area (Å²) < 4.78 is 15.6. The number of carbonyl (C=O) groups excluding carboxylic acids is 1. The number of hydrogen-bond donors (Lipinski definition) is 0. The first-order valence-corrected chi connectivity index (χ1v) is 8.73. The highest BCUT2D eigenvalue weighted by Gasteiger charge is 2.23. The normalized spacial score (nSPS) is 13.0. The Balaban J connectivity index is 2.25. The second-order valence-electron chi connectivity index (χ2n) is 5.39. The molecule has 2 rings (SSSR count). The van der Waals surface area contributed by atoms with Crippen LogP contribution in [0.5, 0.6) is 11.8 Å². The lowest BCUT2D eigenvalue weighted by Crippen LogP contribution is -2.21. The van der Waals surface area contributed by atoms with Gasteiger partial charge in [0, 0.05) is 6.92 Å². The molecule has 0 spiro atoms. The summed E-state index contributed by atoms with van der Waals surface area (Å²) in [6.45, 7) is 3.76. The molecule has 2 aromatic rings. The molecule has 0 saturated carbocycles. The Labute approximate surface area is 151 Å². The largest absolute Gasteiger partial charge is 0.481 e. The smallest absolute Gasteiger partial charge is 0.302 e. The maximum absolute atomic E-state index is 11.3. The van der Waals surface area contributed by atoms with E-state index in [1.165, 1.54) is 18.7 Å². The third-order valence-electron chi connectivity index (χ3n) is 3.67. The van der Waals surface area contributed by atoms with Crippen molar-refractivity contribution in [1.82, 2.24) is 9.97 Å². The minimum atomic E-state index is -0.310. The fraction of sp³-hybridized carbons (Fsp3) is 0.389. The van der Waals surface area contributed by atoms with E-state index in [1.807, 2.05) is 18.2 Å². The molecule has 1 aromatic carbocycles. The van der Waals surface area contributed by atoms with Crippen LogP contribution in [0.25, 0.3) is 0 Å². The van der Waals surface area contributed by atoms with Gasteiger partial charge < -0.3 is 14.2 Å². The first-order chi connectivity index (χ1) is 12.0. The van der Waals surface area contributed by atoms with Crippen LogP contribution in [0.1, 0.15) is 25.3 Å². The number of methoxy groups -OCH3 is 2. The lowest BCUT2D eigenvalue weighted by Gasteiger charge is -2.23. The predicted octanol–water partition coefficient (Wildman–Crippen LogP) is 3.32. The fourth-order valence-corrected chi connectivity index (χ4v) is 3.29. The molecule has 134 valence electrons. The van der Waals surface area contributed by atoms with E-state index in [2.05, 4.69) is 29.0 Å². The number of rotatable bonds is 8. The van der Waals surface area contributed by atoms with Gasteiger partial charge in [-0.3, -0.25) is 4.79 Å².